The number of amides is 1. The lowest BCUT2D eigenvalue weighted by atomic mass is 9.88. The third-order valence-corrected chi connectivity index (χ3v) is 3.62. The second-order valence-electron chi connectivity index (χ2n) is 5.88. The molecule has 0 aromatic heterocycles. The SMILES string of the molecule is CC(CCC(=O)O)NC(=O)C(Cc1ccccc1)C(C)C. The minimum atomic E-state index is -0.833. The van der Waals surface area contributed by atoms with E-state index in [4.69, 9.17) is 5.11 Å². The van der Waals surface area contributed by atoms with Crippen molar-refractivity contribution in [2.75, 3.05) is 0 Å². The van der Waals surface area contributed by atoms with Crippen molar-refractivity contribution >= 4 is 11.9 Å². The Labute approximate surface area is 126 Å². The molecule has 4 heteroatoms. The highest BCUT2D eigenvalue weighted by atomic mass is 16.4. The molecule has 1 aromatic carbocycles. The maximum absolute atomic E-state index is 12.4. The minimum absolute atomic E-state index is 0.00624. The highest BCUT2D eigenvalue weighted by molar-refractivity contribution is 5.79. The number of hydrogen-bond donors (Lipinski definition) is 2. The molecule has 0 aliphatic carbocycles. The fraction of sp³-hybridized carbons (Fsp3) is 0.529. The zero-order chi connectivity index (χ0) is 15.8. The van der Waals surface area contributed by atoms with Crippen LogP contribution in [0.15, 0.2) is 30.3 Å². The molecule has 4 nitrogen and oxygen atoms in total. The summed E-state index contributed by atoms with van der Waals surface area (Å²) in [6, 6.07) is 9.83. The standard InChI is InChI=1S/C17H25NO3/c1-12(2)15(11-14-7-5-4-6-8-14)17(21)18-13(3)9-10-16(19)20/h4-8,12-13,15H,9-11H2,1-3H3,(H,18,21)(H,19,20). The molecule has 0 heterocycles. The van der Waals surface area contributed by atoms with E-state index in [1.165, 1.54) is 0 Å². The van der Waals surface area contributed by atoms with Crippen molar-refractivity contribution in [2.24, 2.45) is 11.8 Å². The van der Waals surface area contributed by atoms with Crippen molar-refractivity contribution in [1.82, 2.24) is 5.32 Å². The van der Waals surface area contributed by atoms with Gasteiger partial charge >= 0.3 is 5.97 Å². The molecule has 116 valence electrons. The molecule has 2 unspecified atom stereocenters. The van der Waals surface area contributed by atoms with E-state index >= 15 is 0 Å². The molecule has 0 bridgehead atoms. The average Bonchev–Trinajstić information content (AvgIpc) is 2.43. The quantitative estimate of drug-likeness (QED) is 0.774. The molecule has 21 heavy (non-hydrogen) atoms. The predicted molar refractivity (Wildman–Crippen MR) is 82.9 cm³/mol. The van der Waals surface area contributed by atoms with Crippen LogP contribution in [0.1, 0.15) is 39.2 Å². The van der Waals surface area contributed by atoms with E-state index in [1.807, 2.05) is 51.1 Å². The van der Waals surface area contributed by atoms with Crippen LogP contribution in [0.3, 0.4) is 0 Å². The van der Waals surface area contributed by atoms with Gasteiger partial charge in [-0.1, -0.05) is 44.2 Å². The van der Waals surface area contributed by atoms with Gasteiger partial charge in [-0.3, -0.25) is 9.59 Å². The van der Waals surface area contributed by atoms with E-state index in [0.29, 0.717) is 12.8 Å². The largest absolute Gasteiger partial charge is 0.481 e. The number of benzene rings is 1. The molecule has 1 amide bonds. The van der Waals surface area contributed by atoms with Gasteiger partial charge in [0.25, 0.3) is 0 Å². The van der Waals surface area contributed by atoms with Crippen molar-refractivity contribution in [3.63, 3.8) is 0 Å². The topological polar surface area (TPSA) is 66.4 Å². The second kappa shape index (κ2) is 8.45. The molecule has 1 aromatic rings. The molecule has 0 aliphatic rings. The predicted octanol–water partition coefficient (Wildman–Crippen LogP) is 2.87. The van der Waals surface area contributed by atoms with Gasteiger partial charge in [0.2, 0.25) is 5.91 Å². The van der Waals surface area contributed by atoms with E-state index in [2.05, 4.69) is 5.32 Å². The number of carbonyl (C=O) groups is 2. The number of hydrogen-bond acceptors (Lipinski definition) is 2. The highest BCUT2D eigenvalue weighted by Gasteiger charge is 2.23. The summed E-state index contributed by atoms with van der Waals surface area (Å²) in [5, 5.41) is 11.6. The Balaban J connectivity index is 2.59. The van der Waals surface area contributed by atoms with Crippen LogP contribution >= 0.6 is 0 Å². The molecule has 0 aliphatic heterocycles. The Bertz CT molecular complexity index is 456. The average molecular weight is 291 g/mol. The van der Waals surface area contributed by atoms with Gasteiger partial charge in [0.1, 0.15) is 0 Å². The fourth-order valence-corrected chi connectivity index (χ4v) is 2.26. The smallest absolute Gasteiger partial charge is 0.303 e. The maximum atomic E-state index is 12.4. The van der Waals surface area contributed by atoms with Crippen LogP contribution in [0.25, 0.3) is 0 Å². The Hall–Kier alpha value is -1.84. The molecular weight excluding hydrogens is 266 g/mol. The van der Waals surface area contributed by atoms with Gasteiger partial charge in [-0.2, -0.15) is 0 Å². The zero-order valence-electron chi connectivity index (χ0n) is 13.0. The first-order valence-electron chi connectivity index (χ1n) is 7.46. The summed E-state index contributed by atoms with van der Waals surface area (Å²) in [6.45, 7) is 5.92. The van der Waals surface area contributed by atoms with E-state index in [0.717, 1.165) is 5.56 Å². The lowest BCUT2D eigenvalue weighted by Gasteiger charge is -2.23. The lowest BCUT2D eigenvalue weighted by molar-refractivity contribution is -0.137. The summed E-state index contributed by atoms with van der Waals surface area (Å²) in [6.07, 6.45) is 1.24. The van der Waals surface area contributed by atoms with E-state index in [1.54, 1.807) is 0 Å². The zero-order valence-corrected chi connectivity index (χ0v) is 13.0. The first kappa shape index (κ1) is 17.2. The Morgan fingerprint density at radius 3 is 2.29 bits per heavy atom. The molecule has 1 rings (SSSR count). The fourth-order valence-electron chi connectivity index (χ4n) is 2.26. The van der Waals surface area contributed by atoms with Crippen LogP contribution in [-0.4, -0.2) is 23.0 Å². The summed E-state index contributed by atoms with van der Waals surface area (Å²) in [7, 11) is 0. The van der Waals surface area contributed by atoms with Crippen molar-refractivity contribution in [3.05, 3.63) is 35.9 Å². The minimum Gasteiger partial charge on any atom is -0.481 e. The van der Waals surface area contributed by atoms with Gasteiger partial charge in [0.05, 0.1) is 0 Å². The first-order chi connectivity index (χ1) is 9.90. The monoisotopic (exact) mass is 291 g/mol. The lowest BCUT2D eigenvalue weighted by Crippen LogP contribution is -2.40. The molecule has 0 fully saturated rings. The molecule has 2 atom stereocenters. The molecule has 0 radical (unpaired) electrons. The second-order valence-corrected chi connectivity index (χ2v) is 5.88. The van der Waals surface area contributed by atoms with E-state index in [-0.39, 0.29) is 30.2 Å². The number of carbonyl (C=O) groups excluding carboxylic acids is 1. The number of nitrogens with one attached hydrogen (secondary N) is 1. The number of carboxylic acid groups (broad SMARTS) is 1. The van der Waals surface area contributed by atoms with Crippen molar-refractivity contribution in [1.29, 1.82) is 0 Å². The Kier molecular flexibility index (Phi) is 6.92. The highest BCUT2D eigenvalue weighted by Crippen LogP contribution is 2.18. The van der Waals surface area contributed by atoms with E-state index in [9.17, 15) is 9.59 Å². The summed E-state index contributed by atoms with van der Waals surface area (Å²) >= 11 is 0. The Morgan fingerprint density at radius 1 is 1.14 bits per heavy atom. The van der Waals surface area contributed by atoms with Crippen LogP contribution in [0, 0.1) is 11.8 Å². The maximum Gasteiger partial charge on any atom is 0.303 e. The van der Waals surface area contributed by atoms with Gasteiger partial charge in [-0.25, -0.2) is 0 Å². The van der Waals surface area contributed by atoms with E-state index < -0.39 is 5.97 Å². The molecule has 2 N–H and O–H groups in total. The molecule has 0 saturated carbocycles. The van der Waals surface area contributed by atoms with Crippen LogP contribution in [0.4, 0.5) is 0 Å². The number of carboxylic acids is 1. The van der Waals surface area contributed by atoms with Crippen LogP contribution in [0.2, 0.25) is 0 Å². The van der Waals surface area contributed by atoms with Gasteiger partial charge in [0.15, 0.2) is 0 Å². The summed E-state index contributed by atoms with van der Waals surface area (Å²) in [4.78, 5) is 22.9. The summed E-state index contributed by atoms with van der Waals surface area (Å²) in [5.41, 5.74) is 1.14. The molecular formula is C17H25NO3. The van der Waals surface area contributed by atoms with Crippen molar-refractivity contribution in [2.45, 2.75) is 46.1 Å². The third kappa shape index (κ3) is 6.43. The van der Waals surface area contributed by atoms with Gasteiger partial charge in [0, 0.05) is 18.4 Å². The number of rotatable bonds is 8. The van der Waals surface area contributed by atoms with Gasteiger partial charge < -0.3 is 10.4 Å². The van der Waals surface area contributed by atoms with Crippen LogP contribution in [-0.2, 0) is 16.0 Å². The van der Waals surface area contributed by atoms with Gasteiger partial charge in [-0.05, 0) is 31.2 Å². The third-order valence-electron chi connectivity index (χ3n) is 3.62. The molecule has 0 spiro atoms. The molecule has 0 saturated heterocycles. The van der Waals surface area contributed by atoms with Crippen molar-refractivity contribution < 1.29 is 14.7 Å². The van der Waals surface area contributed by atoms with Gasteiger partial charge in [-0.15, -0.1) is 0 Å². The van der Waals surface area contributed by atoms with Crippen LogP contribution < -0.4 is 5.32 Å². The summed E-state index contributed by atoms with van der Waals surface area (Å²) < 4.78 is 0. The van der Waals surface area contributed by atoms with Crippen LogP contribution in [0.5, 0.6) is 0 Å². The Morgan fingerprint density at radius 2 is 1.76 bits per heavy atom. The normalized spacial score (nSPS) is 13.7. The first-order valence-corrected chi connectivity index (χ1v) is 7.46. The van der Waals surface area contributed by atoms with Crippen molar-refractivity contribution in [3.8, 4) is 0 Å². The number of aliphatic carboxylic acids is 1. The summed E-state index contributed by atoms with van der Waals surface area (Å²) in [5.74, 6) is -0.691.